The number of nitrogens with zero attached hydrogens (tertiary/aromatic N) is 3. The number of anilines is 2. The van der Waals surface area contributed by atoms with Gasteiger partial charge in [-0.3, -0.25) is 9.79 Å². The summed E-state index contributed by atoms with van der Waals surface area (Å²) in [6.45, 7) is 2.84. The Morgan fingerprint density at radius 2 is 1.81 bits per heavy atom. The Hall–Kier alpha value is -2.23. The number of carbonyl (C=O) groups is 1. The lowest BCUT2D eigenvalue weighted by Crippen LogP contribution is -2.48. The third-order valence-corrected chi connectivity index (χ3v) is 9.32. The fourth-order valence-electron chi connectivity index (χ4n) is 4.26. The number of amides is 1. The van der Waals surface area contributed by atoms with E-state index in [1.54, 1.807) is 0 Å². The molecule has 0 aliphatic carbocycles. The number of amidine groups is 1. The quantitative estimate of drug-likeness (QED) is 0.712. The van der Waals surface area contributed by atoms with E-state index in [2.05, 4.69) is 15.2 Å². The molecule has 0 radical (unpaired) electrons. The van der Waals surface area contributed by atoms with Gasteiger partial charge in [0.1, 0.15) is 0 Å². The summed E-state index contributed by atoms with van der Waals surface area (Å²) in [6.07, 6.45) is 0. The molecule has 1 N–H and O–H groups in total. The van der Waals surface area contributed by atoms with Crippen LogP contribution in [-0.2, 0) is 9.84 Å². The predicted octanol–water partition coefficient (Wildman–Crippen LogP) is 2.98. The Bertz CT molecular complexity index is 1160. The molecule has 0 unspecified atom stereocenters. The first kappa shape index (κ1) is 21.6. The molecule has 0 aromatic heterocycles. The first-order valence-corrected chi connectivity index (χ1v) is 13.6. The van der Waals surface area contributed by atoms with Crippen molar-refractivity contribution in [2.45, 2.75) is 11.3 Å². The van der Waals surface area contributed by atoms with E-state index >= 15 is 0 Å². The normalized spacial score (nSPS) is 24.2. The summed E-state index contributed by atoms with van der Waals surface area (Å²) in [5.41, 5.74) is 2.56. The maximum absolute atomic E-state index is 12.9. The zero-order valence-corrected chi connectivity index (χ0v) is 19.7. The number of hydrogen-bond donors (Lipinski definition) is 1. The summed E-state index contributed by atoms with van der Waals surface area (Å²) >= 11 is 7.58. The molecule has 7 nitrogen and oxygen atoms in total. The van der Waals surface area contributed by atoms with E-state index in [1.165, 1.54) is 11.8 Å². The van der Waals surface area contributed by atoms with Gasteiger partial charge < -0.3 is 15.1 Å². The summed E-state index contributed by atoms with van der Waals surface area (Å²) in [5.74, 6) is 0.345. The van der Waals surface area contributed by atoms with Crippen LogP contribution >= 0.6 is 23.4 Å². The SMILES string of the molecule is O=C(c1ccc(NC2=N[C@@H]3CS(=O)(=O)C[C@H]3S2)cc1)N1CCN(c2cccc(Cl)c2)CC1. The van der Waals surface area contributed by atoms with Gasteiger partial charge in [0.05, 0.1) is 17.5 Å². The average molecular weight is 491 g/mol. The van der Waals surface area contributed by atoms with Crippen LogP contribution in [0.25, 0.3) is 0 Å². The van der Waals surface area contributed by atoms with Crippen molar-refractivity contribution in [1.29, 1.82) is 0 Å². The number of carbonyl (C=O) groups excluding carboxylic acids is 1. The standard InChI is InChI=1S/C22H23ClN4O3S2/c23-16-2-1-3-18(12-16)26-8-10-27(11-9-26)21(28)15-4-6-17(7-5-15)24-22-25-19-13-32(29,30)14-20(19)31-22/h1-7,12,19-20H,8-11,13-14H2,(H,24,25)/t19-,20-/m1/s1. The predicted molar refractivity (Wildman–Crippen MR) is 131 cm³/mol. The number of nitrogens with one attached hydrogen (secondary N) is 1. The van der Waals surface area contributed by atoms with Crippen LogP contribution in [0.15, 0.2) is 53.5 Å². The second kappa shape index (κ2) is 8.61. The highest BCUT2D eigenvalue weighted by Crippen LogP contribution is 2.34. The van der Waals surface area contributed by atoms with Crippen molar-refractivity contribution < 1.29 is 13.2 Å². The monoisotopic (exact) mass is 490 g/mol. The molecular weight excluding hydrogens is 468 g/mol. The largest absolute Gasteiger partial charge is 0.368 e. The first-order valence-electron chi connectivity index (χ1n) is 10.5. The van der Waals surface area contributed by atoms with Crippen molar-refractivity contribution in [3.8, 4) is 0 Å². The number of thioether (sulfide) groups is 1. The lowest BCUT2D eigenvalue weighted by Gasteiger charge is -2.36. The van der Waals surface area contributed by atoms with Crippen molar-refractivity contribution in [1.82, 2.24) is 4.90 Å². The zero-order chi connectivity index (χ0) is 22.3. The van der Waals surface area contributed by atoms with Crippen LogP contribution in [0.1, 0.15) is 10.4 Å². The van der Waals surface area contributed by atoms with Crippen molar-refractivity contribution in [2.75, 3.05) is 47.9 Å². The Kier molecular flexibility index (Phi) is 5.81. The minimum Gasteiger partial charge on any atom is -0.368 e. The molecule has 3 heterocycles. The zero-order valence-electron chi connectivity index (χ0n) is 17.3. The molecule has 2 fully saturated rings. The van der Waals surface area contributed by atoms with Gasteiger partial charge >= 0.3 is 0 Å². The third kappa shape index (κ3) is 4.60. The van der Waals surface area contributed by atoms with Gasteiger partial charge in [0, 0.05) is 53.4 Å². The fraction of sp³-hybridized carbons (Fsp3) is 0.364. The summed E-state index contributed by atoms with van der Waals surface area (Å²) in [5, 5.41) is 4.71. The molecule has 2 aromatic carbocycles. The molecule has 10 heteroatoms. The fourth-order valence-corrected chi connectivity index (χ4v) is 8.12. The van der Waals surface area contributed by atoms with Gasteiger partial charge in [-0.1, -0.05) is 29.4 Å². The second-order valence-electron chi connectivity index (χ2n) is 8.20. The van der Waals surface area contributed by atoms with E-state index in [9.17, 15) is 13.2 Å². The van der Waals surface area contributed by atoms with Crippen LogP contribution in [0.4, 0.5) is 11.4 Å². The molecule has 3 aliphatic heterocycles. The number of hydrogen-bond acceptors (Lipinski definition) is 7. The van der Waals surface area contributed by atoms with E-state index in [0.29, 0.717) is 23.7 Å². The highest BCUT2D eigenvalue weighted by Gasteiger charge is 2.42. The van der Waals surface area contributed by atoms with E-state index < -0.39 is 9.84 Å². The number of sulfone groups is 1. The molecule has 2 saturated heterocycles. The molecule has 168 valence electrons. The summed E-state index contributed by atoms with van der Waals surface area (Å²) in [4.78, 5) is 21.6. The average Bonchev–Trinajstić information content (AvgIpc) is 3.26. The lowest BCUT2D eigenvalue weighted by atomic mass is 10.1. The molecule has 32 heavy (non-hydrogen) atoms. The molecule has 2 atom stereocenters. The van der Waals surface area contributed by atoms with Gasteiger partial charge in [0.25, 0.3) is 5.91 Å². The van der Waals surface area contributed by atoms with Gasteiger partial charge in [-0.25, -0.2) is 8.42 Å². The van der Waals surface area contributed by atoms with Gasteiger partial charge in [0.2, 0.25) is 0 Å². The molecule has 0 bridgehead atoms. The second-order valence-corrected chi connectivity index (χ2v) is 12.0. The van der Waals surface area contributed by atoms with Crippen LogP contribution in [0.5, 0.6) is 0 Å². The number of rotatable bonds is 3. The number of piperazine rings is 1. The van der Waals surface area contributed by atoms with Crippen molar-refractivity contribution in [2.24, 2.45) is 4.99 Å². The molecule has 0 saturated carbocycles. The van der Waals surface area contributed by atoms with Crippen LogP contribution < -0.4 is 10.2 Å². The van der Waals surface area contributed by atoms with Crippen LogP contribution in [0.2, 0.25) is 5.02 Å². The molecule has 3 aliphatic rings. The topological polar surface area (TPSA) is 82.1 Å². The van der Waals surface area contributed by atoms with Gasteiger partial charge in [0.15, 0.2) is 15.0 Å². The first-order chi connectivity index (χ1) is 15.4. The maximum atomic E-state index is 12.9. The van der Waals surface area contributed by atoms with Gasteiger partial charge in [-0.2, -0.15) is 0 Å². The Balaban J connectivity index is 1.17. The molecule has 5 rings (SSSR count). The summed E-state index contributed by atoms with van der Waals surface area (Å²) < 4.78 is 23.4. The van der Waals surface area contributed by atoms with Crippen molar-refractivity contribution in [3.05, 3.63) is 59.1 Å². The van der Waals surface area contributed by atoms with Crippen molar-refractivity contribution >= 4 is 55.6 Å². The summed E-state index contributed by atoms with van der Waals surface area (Å²) in [7, 11) is -2.96. The minimum atomic E-state index is -2.96. The summed E-state index contributed by atoms with van der Waals surface area (Å²) in [6, 6.07) is 15.0. The number of aliphatic imine (C=N–C) groups is 1. The maximum Gasteiger partial charge on any atom is 0.253 e. The molecular formula is C22H23ClN4O3S2. The van der Waals surface area contributed by atoms with Crippen molar-refractivity contribution in [3.63, 3.8) is 0 Å². The number of benzene rings is 2. The van der Waals surface area contributed by atoms with E-state index in [0.717, 1.165) is 29.6 Å². The van der Waals surface area contributed by atoms with Gasteiger partial charge in [-0.15, -0.1) is 0 Å². The minimum absolute atomic E-state index is 0.00827. The van der Waals surface area contributed by atoms with E-state index in [1.807, 2.05) is 53.4 Å². The van der Waals surface area contributed by atoms with Crippen LogP contribution in [0.3, 0.4) is 0 Å². The van der Waals surface area contributed by atoms with Crippen LogP contribution in [-0.4, -0.2) is 73.4 Å². The number of halogens is 1. The molecule has 0 spiro atoms. The van der Waals surface area contributed by atoms with Crippen LogP contribution in [0, 0.1) is 0 Å². The van der Waals surface area contributed by atoms with E-state index in [-0.39, 0.29) is 28.7 Å². The lowest BCUT2D eigenvalue weighted by molar-refractivity contribution is 0.0747. The van der Waals surface area contributed by atoms with Gasteiger partial charge in [-0.05, 0) is 42.5 Å². The molecule has 2 aromatic rings. The Morgan fingerprint density at radius 3 is 2.50 bits per heavy atom. The Labute approximate surface area is 196 Å². The number of fused-ring (bicyclic) bond motifs is 1. The van der Waals surface area contributed by atoms with E-state index in [4.69, 9.17) is 11.6 Å². The molecule has 1 amide bonds. The Morgan fingerprint density at radius 1 is 1.06 bits per heavy atom. The highest BCUT2D eigenvalue weighted by atomic mass is 35.5. The highest BCUT2D eigenvalue weighted by molar-refractivity contribution is 8.15. The smallest absolute Gasteiger partial charge is 0.253 e. The third-order valence-electron chi connectivity index (χ3n) is 5.94.